The largest absolute Gasteiger partial charge is 0.497 e. The zero-order chi connectivity index (χ0) is 20.8. The summed E-state index contributed by atoms with van der Waals surface area (Å²) in [6.45, 7) is 2.95. The SMILES string of the molecule is CCCCN1C(=O)c2ccc(C(=O)NCCCc3ccc(OC)cc3)cc2C1=O. The molecular weight excluding hydrogens is 368 g/mol. The van der Waals surface area contributed by atoms with Gasteiger partial charge in [-0.3, -0.25) is 19.3 Å². The van der Waals surface area contributed by atoms with Gasteiger partial charge in [0.15, 0.2) is 0 Å². The first-order valence-corrected chi connectivity index (χ1v) is 9.96. The van der Waals surface area contributed by atoms with Crippen molar-refractivity contribution in [1.29, 1.82) is 0 Å². The minimum atomic E-state index is -0.312. The number of hydrogen-bond acceptors (Lipinski definition) is 4. The maximum Gasteiger partial charge on any atom is 0.261 e. The van der Waals surface area contributed by atoms with E-state index in [1.807, 2.05) is 31.2 Å². The average Bonchev–Trinajstić information content (AvgIpc) is 2.99. The Morgan fingerprint density at radius 3 is 2.41 bits per heavy atom. The molecule has 3 amide bonds. The Kier molecular flexibility index (Phi) is 6.65. The molecule has 1 N–H and O–H groups in total. The van der Waals surface area contributed by atoms with Crippen molar-refractivity contribution in [1.82, 2.24) is 10.2 Å². The van der Waals surface area contributed by atoms with E-state index >= 15 is 0 Å². The van der Waals surface area contributed by atoms with Gasteiger partial charge in [-0.15, -0.1) is 0 Å². The highest BCUT2D eigenvalue weighted by molar-refractivity contribution is 6.22. The number of fused-ring (bicyclic) bond motifs is 1. The highest BCUT2D eigenvalue weighted by Crippen LogP contribution is 2.24. The first-order chi connectivity index (χ1) is 14.0. The fourth-order valence-corrected chi connectivity index (χ4v) is 3.34. The van der Waals surface area contributed by atoms with Crippen LogP contribution < -0.4 is 10.1 Å². The minimum absolute atomic E-state index is 0.241. The number of unbranched alkanes of at least 4 members (excludes halogenated alkanes) is 1. The molecule has 1 aliphatic rings. The molecule has 0 unspecified atom stereocenters. The van der Waals surface area contributed by atoms with Crippen LogP contribution in [0.2, 0.25) is 0 Å². The van der Waals surface area contributed by atoms with E-state index in [-0.39, 0.29) is 17.7 Å². The summed E-state index contributed by atoms with van der Waals surface area (Å²) in [6, 6.07) is 12.6. The second kappa shape index (κ2) is 9.37. The molecular formula is C23H26N2O4. The summed E-state index contributed by atoms with van der Waals surface area (Å²) >= 11 is 0. The molecule has 29 heavy (non-hydrogen) atoms. The zero-order valence-electron chi connectivity index (χ0n) is 16.9. The highest BCUT2D eigenvalue weighted by Gasteiger charge is 2.35. The number of nitrogens with one attached hydrogen (secondary N) is 1. The maximum absolute atomic E-state index is 12.5. The van der Waals surface area contributed by atoms with Crippen molar-refractivity contribution in [3.63, 3.8) is 0 Å². The predicted octanol–water partition coefficient (Wildman–Crippen LogP) is 3.45. The number of hydrogen-bond donors (Lipinski definition) is 1. The van der Waals surface area contributed by atoms with E-state index in [4.69, 9.17) is 4.74 Å². The molecule has 2 aromatic carbocycles. The van der Waals surface area contributed by atoms with Gasteiger partial charge in [0.2, 0.25) is 0 Å². The number of carbonyl (C=O) groups is 3. The monoisotopic (exact) mass is 394 g/mol. The molecule has 0 fully saturated rings. The van der Waals surface area contributed by atoms with Gasteiger partial charge in [-0.1, -0.05) is 25.5 Å². The Balaban J connectivity index is 1.55. The predicted molar refractivity (Wildman–Crippen MR) is 110 cm³/mol. The summed E-state index contributed by atoms with van der Waals surface area (Å²) in [5, 5.41) is 2.88. The quantitative estimate of drug-likeness (QED) is 0.522. The third kappa shape index (κ3) is 4.65. The van der Waals surface area contributed by atoms with Gasteiger partial charge in [0.1, 0.15) is 5.75 Å². The lowest BCUT2D eigenvalue weighted by Crippen LogP contribution is -2.30. The number of amides is 3. The van der Waals surface area contributed by atoms with Gasteiger partial charge in [-0.05, 0) is 55.2 Å². The fourth-order valence-electron chi connectivity index (χ4n) is 3.34. The third-order valence-electron chi connectivity index (χ3n) is 5.05. The smallest absolute Gasteiger partial charge is 0.261 e. The van der Waals surface area contributed by atoms with Gasteiger partial charge in [-0.2, -0.15) is 0 Å². The van der Waals surface area contributed by atoms with Gasteiger partial charge in [0.25, 0.3) is 17.7 Å². The van der Waals surface area contributed by atoms with Crippen LogP contribution in [0, 0.1) is 0 Å². The van der Waals surface area contributed by atoms with Crippen LogP contribution in [0.25, 0.3) is 0 Å². The summed E-state index contributed by atoms with van der Waals surface area (Å²) in [7, 11) is 1.63. The van der Waals surface area contributed by atoms with E-state index in [1.165, 1.54) is 16.5 Å². The van der Waals surface area contributed by atoms with Crippen LogP contribution in [-0.2, 0) is 6.42 Å². The fraction of sp³-hybridized carbons (Fsp3) is 0.348. The van der Waals surface area contributed by atoms with Crippen molar-refractivity contribution in [2.75, 3.05) is 20.2 Å². The summed E-state index contributed by atoms with van der Waals surface area (Å²) < 4.78 is 5.14. The number of imide groups is 1. The average molecular weight is 394 g/mol. The first-order valence-electron chi connectivity index (χ1n) is 9.96. The lowest BCUT2D eigenvalue weighted by molar-refractivity contribution is 0.0652. The van der Waals surface area contributed by atoms with Crippen LogP contribution in [0.1, 0.15) is 62.8 Å². The van der Waals surface area contributed by atoms with Crippen LogP contribution >= 0.6 is 0 Å². The second-order valence-corrected chi connectivity index (χ2v) is 7.08. The molecule has 0 bridgehead atoms. The van der Waals surface area contributed by atoms with Crippen molar-refractivity contribution in [3.8, 4) is 5.75 Å². The molecule has 0 spiro atoms. The van der Waals surface area contributed by atoms with Crippen LogP contribution in [0.3, 0.4) is 0 Å². The van der Waals surface area contributed by atoms with E-state index in [0.717, 1.165) is 31.4 Å². The van der Waals surface area contributed by atoms with Gasteiger partial charge in [-0.25, -0.2) is 0 Å². The second-order valence-electron chi connectivity index (χ2n) is 7.08. The summed E-state index contributed by atoms with van der Waals surface area (Å²) in [4.78, 5) is 38.6. The number of rotatable bonds is 9. The number of methoxy groups -OCH3 is 1. The molecule has 6 heteroatoms. The van der Waals surface area contributed by atoms with Crippen LogP contribution in [0.15, 0.2) is 42.5 Å². The molecule has 0 aliphatic carbocycles. The Morgan fingerprint density at radius 2 is 1.72 bits per heavy atom. The molecule has 1 heterocycles. The number of carbonyl (C=O) groups excluding carboxylic acids is 3. The Morgan fingerprint density at radius 1 is 1.00 bits per heavy atom. The topological polar surface area (TPSA) is 75.7 Å². The number of ether oxygens (including phenoxy) is 1. The first kappa shape index (κ1) is 20.6. The summed E-state index contributed by atoms with van der Waals surface area (Å²) in [5.41, 5.74) is 2.26. The zero-order valence-corrected chi connectivity index (χ0v) is 16.9. The normalized spacial score (nSPS) is 12.8. The summed E-state index contributed by atoms with van der Waals surface area (Å²) in [6.07, 6.45) is 3.31. The number of aryl methyl sites for hydroxylation is 1. The molecule has 152 valence electrons. The van der Waals surface area contributed by atoms with Crippen LogP contribution in [-0.4, -0.2) is 42.8 Å². The van der Waals surface area contributed by atoms with Crippen molar-refractivity contribution >= 4 is 17.7 Å². The van der Waals surface area contributed by atoms with Crippen LogP contribution in [0.4, 0.5) is 0 Å². The van der Waals surface area contributed by atoms with Gasteiger partial charge < -0.3 is 10.1 Å². The number of benzene rings is 2. The molecule has 6 nitrogen and oxygen atoms in total. The van der Waals surface area contributed by atoms with Crippen molar-refractivity contribution in [3.05, 3.63) is 64.7 Å². The lowest BCUT2D eigenvalue weighted by atomic mass is 10.1. The molecule has 0 radical (unpaired) electrons. The molecule has 0 saturated carbocycles. The molecule has 0 atom stereocenters. The highest BCUT2D eigenvalue weighted by atomic mass is 16.5. The van der Waals surface area contributed by atoms with Crippen molar-refractivity contribution in [2.45, 2.75) is 32.6 Å². The molecule has 2 aromatic rings. The lowest BCUT2D eigenvalue weighted by Gasteiger charge is -2.12. The van der Waals surface area contributed by atoms with Gasteiger partial charge in [0.05, 0.1) is 18.2 Å². The Hall–Kier alpha value is -3.15. The van der Waals surface area contributed by atoms with Crippen molar-refractivity contribution < 1.29 is 19.1 Å². The van der Waals surface area contributed by atoms with Crippen LogP contribution in [0.5, 0.6) is 5.75 Å². The molecule has 1 aliphatic heterocycles. The Bertz CT molecular complexity index is 906. The standard InChI is InChI=1S/C23H26N2O4/c1-3-4-14-25-22(27)19-12-9-17(15-20(19)23(25)28)21(26)24-13-5-6-16-7-10-18(29-2)11-8-16/h7-12,15H,3-6,13-14H2,1-2H3,(H,24,26). The van der Waals surface area contributed by atoms with Gasteiger partial charge >= 0.3 is 0 Å². The maximum atomic E-state index is 12.5. The minimum Gasteiger partial charge on any atom is -0.497 e. The summed E-state index contributed by atoms with van der Waals surface area (Å²) in [5.74, 6) is -0.00718. The van der Waals surface area contributed by atoms with E-state index in [2.05, 4.69) is 5.32 Å². The van der Waals surface area contributed by atoms with E-state index in [9.17, 15) is 14.4 Å². The molecule has 0 aromatic heterocycles. The van der Waals surface area contributed by atoms with E-state index in [0.29, 0.717) is 29.8 Å². The Labute approximate surface area is 170 Å². The van der Waals surface area contributed by atoms with Gasteiger partial charge in [0, 0.05) is 18.7 Å². The van der Waals surface area contributed by atoms with E-state index in [1.54, 1.807) is 19.2 Å². The number of nitrogens with zero attached hydrogens (tertiary/aromatic N) is 1. The van der Waals surface area contributed by atoms with Crippen molar-refractivity contribution in [2.24, 2.45) is 0 Å². The molecule has 3 rings (SSSR count). The third-order valence-corrected chi connectivity index (χ3v) is 5.05. The molecule has 0 saturated heterocycles. The van der Waals surface area contributed by atoms with E-state index < -0.39 is 0 Å².